The van der Waals surface area contributed by atoms with Crippen LogP contribution >= 0.6 is 31.9 Å². The van der Waals surface area contributed by atoms with Crippen LogP contribution in [0.5, 0.6) is 0 Å². The van der Waals surface area contributed by atoms with Crippen molar-refractivity contribution in [1.29, 1.82) is 0 Å². The lowest BCUT2D eigenvalue weighted by Crippen LogP contribution is -2.35. The molecule has 0 aliphatic rings. The molecular weight excluding hydrogens is 455 g/mol. The molecule has 134 valence electrons. The third kappa shape index (κ3) is 6.18. The molecule has 2 aromatic rings. The van der Waals surface area contributed by atoms with E-state index in [-0.39, 0.29) is 38.0 Å². The number of aliphatic hydroxyl groups is 1. The topological polar surface area (TPSA) is 52.6 Å². The van der Waals surface area contributed by atoms with E-state index in [1.165, 1.54) is 6.07 Å². The molecule has 0 aliphatic heterocycles. The standard InChI is InChI=1S/C18H19Br2FN2O2/c1-12-2-5-17(15(20)8-12)22-18(25)11-23(6-7-24)10-13-9-14(19)3-4-16(13)21/h2-5,8-9,24H,6-7,10-11H2,1H3,(H,22,25). The summed E-state index contributed by atoms with van der Waals surface area (Å²) in [5, 5.41) is 12.1. The van der Waals surface area contributed by atoms with Gasteiger partial charge >= 0.3 is 0 Å². The lowest BCUT2D eigenvalue weighted by atomic mass is 10.2. The number of halogens is 3. The Morgan fingerprint density at radius 2 is 2.00 bits per heavy atom. The first kappa shape index (κ1) is 20.0. The van der Waals surface area contributed by atoms with Crippen LogP contribution in [0, 0.1) is 12.7 Å². The van der Waals surface area contributed by atoms with Crippen molar-refractivity contribution in [3.8, 4) is 0 Å². The van der Waals surface area contributed by atoms with E-state index in [1.54, 1.807) is 17.0 Å². The van der Waals surface area contributed by atoms with Gasteiger partial charge in [-0.05, 0) is 58.7 Å². The van der Waals surface area contributed by atoms with Crippen molar-refractivity contribution >= 4 is 43.5 Å². The number of amides is 1. The Hall–Kier alpha value is -1.28. The first-order valence-corrected chi connectivity index (χ1v) is 9.31. The number of aryl methyl sites for hydroxylation is 1. The maximum atomic E-state index is 13.9. The Kier molecular flexibility index (Phi) is 7.56. The third-order valence-electron chi connectivity index (χ3n) is 3.58. The number of anilines is 1. The van der Waals surface area contributed by atoms with Crippen LogP contribution in [0.4, 0.5) is 10.1 Å². The number of hydrogen-bond acceptors (Lipinski definition) is 3. The molecule has 0 heterocycles. The number of rotatable bonds is 7. The van der Waals surface area contributed by atoms with Gasteiger partial charge in [0.05, 0.1) is 18.8 Å². The minimum Gasteiger partial charge on any atom is -0.395 e. The maximum absolute atomic E-state index is 13.9. The second kappa shape index (κ2) is 9.43. The fraction of sp³-hybridized carbons (Fsp3) is 0.278. The van der Waals surface area contributed by atoms with Gasteiger partial charge in [0.1, 0.15) is 5.82 Å². The summed E-state index contributed by atoms with van der Waals surface area (Å²) in [6.07, 6.45) is 0. The van der Waals surface area contributed by atoms with E-state index >= 15 is 0 Å². The number of carbonyl (C=O) groups is 1. The number of aliphatic hydroxyl groups excluding tert-OH is 1. The summed E-state index contributed by atoms with van der Waals surface area (Å²) >= 11 is 6.74. The molecule has 0 atom stereocenters. The molecule has 1 amide bonds. The highest BCUT2D eigenvalue weighted by Gasteiger charge is 2.14. The summed E-state index contributed by atoms with van der Waals surface area (Å²) in [7, 11) is 0. The molecule has 0 aromatic heterocycles. The molecule has 2 rings (SSSR count). The van der Waals surface area contributed by atoms with E-state index in [2.05, 4.69) is 37.2 Å². The van der Waals surface area contributed by atoms with Crippen molar-refractivity contribution in [2.75, 3.05) is 25.0 Å². The lowest BCUT2D eigenvalue weighted by Gasteiger charge is -2.21. The molecule has 0 spiro atoms. The minimum absolute atomic E-state index is 0.0484. The van der Waals surface area contributed by atoms with Gasteiger partial charge in [0.25, 0.3) is 0 Å². The normalized spacial score (nSPS) is 11.0. The highest BCUT2D eigenvalue weighted by atomic mass is 79.9. The van der Waals surface area contributed by atoms with E-state index in [9.17, 15) is 14.3 Å². The van der Waals surface area contributed by atoms with Crippen molar-refractivity contribution in [2.45, 2.75) is 13.5 Å². The van der Waals surface area contributed by atoms with Crippen LogP contribution in [0.15, 0.2) is 45.3 Å². The van der Waals surface area contributed by atoms with E-state index in [1.807, 2.05) is 25.1 Å². The second-order valence-corrected chi connectivity index (χ2v) is 7.47. The maximum Gasteiger partial charge on any atom is 0.238 e. The molecule has 0 aliphatic carbocycles. The molecule has 2 N–H and O–H groups in total. The van der Waals surface area contributed by atoms with Crippen molar-refractivity contribution < 1.29 is 14.3 Å². The quantitative estimate of drug-likeness (QED) is 0.636. The molecule has 25 heavy (non-hydrogen) atoms. The average molecular weight is 474 g/mol. The summed E-state index contributed by atoms with van der Waals surface area (Å²) in [5.41, 5.74) is 2.22. The molecule has 0 saturated heterocycles. The minimum atomic E-state index is -0.340. The van der Waals surface area contributed by atoms with E-state index in [0.29, 0.717) is 11.3 Å². The Balaban J connectivity index is 2.04. The van der Waals surface area contributed by atoms with Gasteiger partial charge in [-0.2, -0.15) is 0 Å². The summed E-state index contributed by atoms with van der Waals surface area (Å²) in [4.78, 5) is 14.0. The number of benzene rings is 2. The predicted molar refractivity (Wildman–Crippen MR) is 104 cm³/mol. The summed E-state index contributed by atoms with van der Waals surface area (Å²) in [6, 6.07) is 10.3. The van der Waals surface area contributed by atoms with Gasteiger partial charge in [-0.15, -0.1) is 0 Å². The highest BCUT2D eigenvalue weighted by molar-refractivity contribution is 9.10. The zero-order valence-corrected chi connectivity index (χ0v) is 16.9. The Labute approximate surface area is 163 Å². The predicted octanol–water partition coefficient (Wildman–Crippen LogP) is 4.09. The Morgan fingerprint density at radius 1 is 1.24 bits per heavy atom. The number of nitrogens with zero attached hydrogens (tertiary/aromatic N) is 1. The number of nitrogens with one attached hydrogen (secondary N) is 1. The van der Waals surface area contributed by atoms with E-state index in [4.69, 9.17) is 0 Å². The fourth-order valence-corrected chi connectivity index (χ4v) is 3.38. The summed E-state index contributed by atoms with van der Waals surface area (Å²) in [6.45, 7) is 2.40. The number of carbonyl (C=O) groups excluding carboxylic acids is 1. The first-order chi connectivity index (χ1) is 11.9. The van der Waals surface area contributed by atoms with Crippen molar-refractivity contribution in [3.63, 3.8) is 0 Å². The van der Waals surface area contributed by atoms with Crippen LogP contribution in [0.3, 0.4) is 0 Å². The van der Waals surface area contributed by atoms with E-state index in [0.717, 1.165) is 14.5 Å². The summed E-state index contributed by atoms with van der Waals surface area (Å²) in [5.74, 6) is -0.568. The molecule has 0 saturated carbocycles. The van der Waals surface area contributed by atoms with E-state index < -0.39 is 0 Å². The van der Waals surface area contributed by atoms with Gasteiger partial charge in [0.2, 0.25) is 5.91 Å². The van der Waals surface area contributed by atoms with Gasteiger partial charge in [-0.3, -0.25) is 9.69 Å². The molecule has 7 heteroatoms. The smallest absolute Gasteiger partial charge is 0.238 e. The van der Waals surface area contributed by atoms with Gasteiger partial charge in [0, 0.05) is 27.6 Å². The highest BCUT2D eigenvalue weighted by Crippen LogP contribution is 2.23. The monoisotopic (exact) mass is 472 g/mol. The average Bonchev–Trinajstić information content (AvgIpc) is 2.54. The molecule has 2 aromatic carbocycles. The molecule has 0 bridgehead atoms. The molecular formula is C18H19Br2FN2O2. The molecule has 4 nitrogen and oxygen atoms in total. The van der Waals surface area contributed by atoms with Crippen LogP contribution < -0.4 is 5.32 Å². The zero-order valence-electron chi connectivity index (χ0n) is 13.7. The van der Waals surface area contributed by atoms with Crippen LogP contribution in [0.1, 0.15) is 11.1 Å². The molecule has 0 radical (unpaired) electrons. The van der Waals surface area contributed by atoms with Crippen molar-refractivity contribution in [3.05, 3.63) is 62.3 Å². The van der Waals surface area contributed by atoms with Crippen molar-refractivity contribution in [2.24, 2.45) is 0 Å². The van der Waals surface area contributed by atoms with Gasteiger partial charge in [-0.1, -0.05) is 22.0 Å². The van der Waals surface area contributed by atoms with Gasteiger partial charge in [-0.25, -0.2) is 4.39 Å². The number of hydrogen-bond donors (Lipinski definition) is 2. The molecule has 0 unspecified atom stereocenters. The Morgan fingerprint density at radius 3 is 2.68 bits per heavy atom. The fourth-order valence-electron chi connectivity index (χ4n) is 2.38. The van der Waals surface area contributed by atoms with Gasteiger partial charge in [0.15, 0.2) is 0 Å². The molecule has 0 fully saturated rings. The Bertz CT molecular complexity index is 756. The van der Waals surface area contributed by atoms with Crippen LogP contribution in [0.2, 0.25) is 0 Å². The van der Waals surface area contributed by atoms with Crippen molar-refractivity contribution in [1.82, 2.24) is 4.90 Å². The second-order valence-electron chi connectivity index (χ2n) is 5.70. The largest absolute Gasteiger partial charge is 0.395 e. The van der Waals surface area contributed by atoms with Crippen LogP contribution in [-0.4, -0.2) is 35.6 Å². The zero-order chi connectivity index (χ0) is 18.4. The van der Waals surface area contributed by atoms with Crippen LogP contribution in [0.25, 0.3) is 0 Å². The first-order valence-electron chi connectivity index (χ1n) is 7.72. The van der Waals surface area contributed by atoms with Gasteiger partial charge < -0.3 is 10.4 Å². The third-order valence-corrected chi connectivity index (χ3v) is 4.73. The SMILES string of the molecule is Cc1ccc(NC(=O)CN(CCO)Cc2cc(Br)ccc2F)c(Br)c1. The summed E-state index contributed by atoms with van der Waals surface area (Å²) < 4.78 is 15.5. The van der Waals surface area contributed by atoms with Crippen LogP contribution in [-0.2, 0) is 11.3 Å². The lowest BCUT2D eigenvalue weighted by molar-refractivity contribution is -0.117.